The second kappa shape index (κ2) is 11.2. The Morgan fingerprint density at radius 3 is 2.61 bits per heavy atom. The number of aromatic nitrogens is 3. The molecule has 0 spiro atoms. The fourth-order valence-corrected chi connectivity index (χ4v) is 4.98. The van der Waals surface area contributed by atoms with Crippen LogP contribution in [0.15, 0.2) is 52.7 Å². The first-order valence-corrected chi connectivity index (χ1v) is 12.7. The minimum atomic E-state index is -0.216. The van der Waals surface area contributed by atoms with Gasteiger partial charge in [-0.05, 0) is 37.5 Å². The van der Waals surface area contributed by atoms with Crippen molar-refractivity contribution in [1.82, 2.24) is 20.2 Å². The first-order valence-electron chi connectivity index (χ1n) is 10.9. The second-order valence-electron chi connectivity index (χ2n) is 8.09. The SMILES string of the molecule is Cc1ccc(-c2nnc(SCC(=O)N/N=C/c3ccc(Cl)c(Cl)c3)n2C2CCCCC2)cc1. The number of hydrazone groups is 1. The van der Waals surface area contributed by atoms with E-state index in [1.807, 2.05) is 0 Å². The molecule has 1 aliphatic rings. The molecule has 1 amide bonds. The van der Waals surface area contributed by atoms with E-state index in [-0.39, 0.29) is 11.7 Å². The van der Waals surface area contributed by atoms with Gasteiger partial charge < -0.3 is 0 Å². The van der Waals surface area contributed by atoms with Crippen molar-refractivity contribution in [2.24, 2.45) is 5.10 Å². The molecule has 0 saturated heterocycles. The first kappa shape index (κ1) is 23.8. The minimum Gasteiger partial charge on any atom is -0.299 e. The van der Waals surface area contributed by atoms with Gasteiger partial charge >= 0.3 is 0 Å². The Morgan fingerprint density at radius 1 is 1.12 bits per heavy atom. The van der Waals surface area contributed by atoms with Gasteiger partial charge in [-0.1, -0.05) is 90.1 Å². The predicted molar refractivity (Wildman–Crippen MR) is 135 cm³/mol. The molecule has 0 bridgehead atoms. The van der Waals surface area contributed by atoms with Crippen molar-refractivity contribution >= 4 is 47.1 Å². The number of nitrogens with one attached hydrogen (secondary N) is 1. The molecule has 3 aromatic rings. The number of carbonyl (C=O) groups is 1. The lowest BCUT2D eigenvalue weighted by Crippen LogP contribution is -2.20. The molecule has 0 unspecified atom stereocenters. The molecule has 1 saturated carbocycles. The van der Waals surface area contributed by atoms with E-state index in [4.69, 9.17) is 23.2 Å². The number of thioether (sulfide) groups is 1. The zero-order valence-electron chi connectivity index (χ0n) is 18.3. The number of hydrogen-bond donors (Lipinski definition) is 1. The van der Waals surface area contributed by atoms with Gasteiger partial charge in [0.25, 0.3) is 5.91 Å². The van der Waals surface area contributed by atoms with Crippen molar-refractivity contribution in [2.45, 2.75) is 50.2 Å². The van der Waals surface area contributed by atoms with Crippen LogP contribution in [0.25, 0.3) is 11.4 Å². The van der Waals surface area contributed by atoms with E-state index >= 15 is 0 Å². The predicted octanol–water partition coefficient (Wildman–Crippen LogP) is 6.31. The first-order chi connectivity index (χ1) is 16.0. The monoisotopic (exact) mass is 501 g/mol. The van der Waals surface area contributed by atoms with Crippen LogP contribution < -0.4 is 5.43 Å². The van der Waals surface area contributed by atoms with Crippen LogP contribution in [-0.4, -0.2) is 32.6 Å². The number of nitrogens with zero attached hydrogens (tertiary/aromatic N) is 4. The van der Waals surface area contributed by atoms with Crippen molar-refractivity contribution in [3.05, 3.63) is 63.6 Å². The summed E-state index contributed by atoms with van der Waals surface area (Å²) in [6, 6.07) is 13.8. The Labute approximate surface area is 207 Å². The molecule has 33 heavy (non-hydrogen) atoms. The highest BCUT2D eigenvalue weighted by Gasteiger charge is 2.24. The van der Waals surface area contributed by atoms with Gasteiger partial charge in [0.15, 0.2) is 11.0 Å². The molecular formula is C24H25Cl2N5OS. The molecule has 172 valence electrons. The number of carbonyl (C=O) groups excluding carboxylic acids is 1. The van der Waals surface area contributed by atoms with E-state index in [0.29, 0.717) is 16.1 Å². The maximum absolute atomic E-state index is 12.4. The van der Waals surface area contributed by atoms with Crippen LogP contribution in [0.1, 0.15) is 49.3 Å². The minimum absolute atomic E-state index is 0.192. The molecule has 1 N–H and O–H groups in total. The van der Waals surface area contributed by atoms with Crippen LogP contribution in [-0.2, 0) is 4.79 Å². The summed E-state index contributed by atoms with van der Waals surface area (Å²) in [5.74, 6) is 0.839. The normalized spacial score (nSPS) is 14.6. The molecule has 2 aromatic carbocycles. The van der Waals surface area contributed by atoms with E-state index in [1.54, 1.807) is 18.2 Å². The van der Waals surface area contributed by atoms with Crippen LogP contribution >= 0.6 is 35.0 Å². The summed E-state index contributed by atoms with van der Waals surface area (Å²) in [5.41, 5.74) is 5.55. The fourth-order valence-electron chi connectivity index (χ4n) is 3.88. The molecule has 1 aromatic heterocycles. The van der Waals surface area contributed by atoms with Gasteiger partial charge in [-0.3, -0.25) is 9.36 Å². The number of halogens is 2. The zero-order valence-corrected chi connectivity index (χ0v) is 20.6. The molecule has 0 aliphatic heterocycles. The summed E-state index contributed by atoms with van der Waals surface area (Å²) in [7, 11) is 0. The van der Waals surface area contributed by atoms with E-state index in [9.17, 15) is 4.79 Å². The standard InChI is InChI=1S/C24H25Cl2N5OS/c1-16-7-10-18(11-8-16)23-29-30-24(31(23)19-5-3-2-4-6-19)33-15-22(32)28-27-14-17-9-12-20(25)21(26)13-17/h7-14,19H,2-6,15H2,1H3,(H,28,32)/b27-14+. The summed E-state index contributed by atoms with van der Waals surface area (Å²) in [6.45, 7) is 2.07. The Morgan fingerprint density at radius 2 is 1.88 bits per heavy atom. The molecule has 6 nitrogen and oxygen atoms in total. The summed E-state index contributed by atoms with van der Waals surface area (Å²) >= 11 is 13.3. The van der Waals surface area contributed by atoms with Crippen molar-refractivity contribution < 1.29 is 4.79 Å². The number of benzene rings is 2. The molecule has 1 fully saturated rings. The van der Waals surface area contributed by atoms with Crippen LogP contribution in [0.2, 0.25) is 10.0 Å². The molecule has 1 heterocycles. The Balaban J connectivity index is 1.44. The lowest BCUT2D eigenvalue weighted by Gasteiger charge is -2.25. The smallest absolute Gasteiger partial charge is 0.250 e. The van der Waals surface area contributed by atoms with E-state index < -0.39 is 0 Å². The van der Waals surface area contributed by atoms with E-state index in [0.717, 1.165) is 34.9 Å². The van der Waals surface area contributed by atoms with Gasteiger partial charge in [-0.15, -0.1) is 10.2 Å². The topological polar surface area (TPSA) is 72.2 Å². The fraction of sp³-hybridized carbons (Fsp3) is 0.333. The highest BCUT2D eigenvalue weighted by molar-refractivity contribution is 7.99. The summed E-state index contributed by atoms with van der Waals surface area (Å²) < 4.78 is 2.22. The number of amides is 1. The highest BCUT2D eigenvalue weighted by atomic mass is 35.5. The number of aryl methyl sites for hydroxylation is 1. The third-order valence-corrected chi connectivity index (χ3v) is 7.28. The molecule has 0 atom stereocenters. The van der Waals surface area contributed by atoms with Gasteiger partial charge in [0.05, 0.1) is 22.0 Å². The van der Waals surface area contributed by atoms with Crippen molar-refractivity contribution in [3.8, 4) is 11.4 Å². The van der Waals surface area contributed by atoms with Gasteiger partial charge in [-0.25, -0.2) is 5.43 Å². The number of hydrogen-bond acceptors (Lipinski definition) is 5. The Bertz CT molecular complexity index is 1140. The highest BCUT2D eigenvalue weighted by Crippen LogP contribution is 2.35. The summed E-state index contributed by atoms with van der Waals surface area (Å²) in [4.78, 5) is 12.4. The average Bonchev–Trinajstić information content (AvgIpc) is 3.25. The van der Waals surface area contributed by atoms with Gasteiger partial charge in [0, 0.05) is 11.6 Å². The van der Waals surface area contributed by atoms with E-state index in [1.165, 1.54) is 42.8 Å². The van der Waals surface area contributed by atoms with Crippen molar-refractivity contribution in [2.75, 3.05) is 5.75 Å². The quantitative estimate of drug-likeness (QED) is 0.234. The van der Waals surface area contributed by atoms with Gasteiger partial charge in [0.2, 0.25) is 0 Å². The largest absolute Gasteiger partial charge is 0.299 e. The van der Waals surface area contributed by atoms with Crippen molar-refractivity contribution in [3.63, 3.8) is 0 Å². The molecule has 9 heteroatoms. The Kier molecular flexibility index (Phi) is 8.06. The molecule has 1 aliphatic carbocycles. The maximum atomic E-state index is 12.4. The number of rotatable bonds is 7. The third-order valence-electron chi connectivity index (χ3n) is 5.59. The lowest BCUT2D eigenvalue weighted by molar-refractivity contribution is -0.118. The third kappa shape index (κ3) is 6.16. The van der Waals surface area contributed by atoms with Crippen LogP contribution in [0.3, 0.4) is 0 Å². The Hall–Kier alpha value is -2.35. The molecule has 4 rings (SSSR count). The van der Waals surface area contributed by atoms with E-state index in [2.05, 4.69) is 56.5 Å². The van der Waals surface area contributed by atoms with Gasteiger partial charge in [0.1, 0.15) is 0 Å². The second-order valence-corrected chi connectivity index (χ2v) is 9.85. The van der Waals surface area contributed by atoms with Crippen LogP contribution in [0.4, 0.5) is 0 Å². The van der Waals surface area contributed by atoms with Crippen LogP contribution in [0.5, 0.6) is 0 Å². The average molecular weight is 502 g/mol. The molecular weight excluding hydrogens is 477 g/mol. The summed E-state index contributed by atoms with van der Waals surface area (Å²) in [6.07, 6.45) is 7.40. The van der Waals surface area contributed by atoms with Crippen LogP contribution in [0, 0.1) is 6.92 Å². The van der Waals surface area contributed by atoms with Gasteiger partial charge in [-0.2, -0.15) is 5.10 Å². The van der Waals surface area contributed by atoms with Crippen molar-refractivity contribution in [1.29, 1.82) is 0 Å². The summed E-state index contributed by atoms with van der Waals surface area (Å²) in [5, 5.41) is 14.6. The maximum Gasteiger partial charge on any atom is 0.250 e. The zero-order chi connectivity index (χ0) is 23.2. The lowest BCUT2D eigenvalue weighted by atomic mass is 9.95. The molecule has 0 radical (unpaired) electrons.